The number of hydrogen-bond acceptors (Lipinski definition) is 4. The van der Waals surface area contributed by atoms with Crippen LogP contribution in [0.2, 0.25) is 0 Å². The van der Waals surface area contributed by atoms with Gasteiger partial charge in [0.2, 0.25) is 5.91 Å². The van der Waals surface area contributed by atoms with Crippen molar-refractivity contribution in [3.05, 3.63) is 29.8 Å². The highest BCUT2D eigenvalue weighted by Gasteiger charge is 2.31. The second-order valence-corrected chi connectivity index (χ2v) is 5.22. The first-order valence-corrected chi connectivity index (χ1v) is 7.33. The molecule has 0 spiro atoms. The van der Waals surface area contributed by atoms with Gasteiger partial charge >= 0.3 is 6.18 Å². The minimum atomic E-state index is -4.41. The zero-order chi connectivity index (χ0) is 16.9. The molecule has 2 rings (SSSR count). The molecule has 1 amide bonds. The van der Waals surface area contributed by atoms with E-state index in [2.05, 4.69) is 5.32 Å². The number of rotatable bonds is 6. The number of benzene rings is 1. The smallest absolute Gasteiger partial charge is 0.416 e. The molecule has 24 heavy (non-hydrogen) atoms. The molecule has 1 aliphatic rings. The van der Waals surface area contributed by atoms with Crippen LogP contribution in [0.4, 0.5) is 13.2 Å². The summed E-state index contributed by atoms with van der Waals surface area (Å²) >= 11 is 0. The molecule has 1 aromatic rings. The third-order valence-electron chi connectivity index (χ3n) is 3.49. The second-order valence-electron chi connectivity index (χ2n) is 5.22. The molecule has 0 radical (unpaired) electrons. The summed E-state index contributed by atoms with van der Waals surface area (Å²) in [4.78, 5) is 11.8. The molecule has 5 nitrogen and oxygen atoms in total. The van der Waals surface area contributed by atoms with Crippen molar-refractivity contribution in [2.45, 2.75) is 31.2 Å². The zero-order valence-corrected chi connectivity index (χ0v) is 13.7. The Labute approximate surface area is 144 Å². The molecule has 1 aromatic carbocycles. The molecule has 136 valence electrons. The molecular formula is C15H20ClF3N2O3. The van der Waals surface area contributed by atoms with Crippen LogP contribution in [0.3, 0.4) is 0 Å². The standard InChI is InChI=1S/C15H19F3N2O3.ClH/c16-15(17,18)10-2-1-3-11(8-10)22-7-6-20-14(21)13-5-4-12(9-19)23-13;/h1-3,8,12-13H,4-7,9,19H2,(H,20,21);1H/t12-,13+;/m1./s1. The Morgan fingerprint density at radius 3 is 2.75 bits per heavy atom. The van der Waals surface area contributed by atoms with Gasteiger partial charge in [0, 0.05) is 6.54 Å². The van der Waals surface area contributed by atoms with Gasteiger partial charge in [-0.15, -0.1) is 12.4 Å². The number of nitrogens with one attached hydrogen (secondary N) is 1. The molecule has 0 bridgehead atoms. The number of halogens is 4. The number of nitrogens with two attached hydrogens (primary N) is 1. The number of carbonyl (C=O) groups is 1. The zero-order valence-electron chi connectivity index (χ0n) is 12.8. The van der Waals surface area contributed by atoms with Crippen molar-refractivity contribution >= 4 is 18.3 Å². The van der Waals surface area contributed by atoms with Crippen LogP contribution in [0, 0.1) is 0 Å². The van der Waals surface area contributed by atoms with Crippen LogP contribution in [0.5, 0.6) is 5.75 Å². The number of carbonyl (C=O) groups excluding carboxylic acids is 1. The van der Waals surface area contributed by atoms with Gasteiger partial charge in [0.25, 0.3) is 0 Å². The van der Waals surface area contributed by atoms with E-state index in [4.69, 9.17) is 15.2 Å². The Morgan fingerprint density at radius 1 is 1.38 bits per heavy atom. The molecule has 2 atom stereocenters. The van der Waals surface area contributed by atoms with E-state index in [0.717, 1.165) is 18.6 Å². The van der Waals surface area contributed by atoms with E-state index in [0.29, 0.717) is 13.0 Å². The van der Waals surface area contributed by atoms with Gasteiger partial charge in [0.1, 0.15) is 18.5 Å². The number of ether oxygens (including phenoxy) is 2. The molecule has 0 unspecified atom stereocenters. The maximum Gasteiger partial charge on any atom is 0.416 e. The Balaban J connectivity index is 0.00000288. The van der Waals surface area contributed by atoms with Crippen LogP contribution in [0.25, 0.3) is 0 Å². The highest BCUT2D eigenvalue weighted by molar-refractivity contribution is 5.85. The quantitative estimate of drug-likeness (QED) is 0.754. The van der Waals surface area contributed by atoms with E-state index >= 15 is 0 Å². The van der Waals surface area contributed by atoms with Crippen molar-refractivity contribution in [2.75, 3.05) is 19.7 Å². The maximum absolute atomic E-state index is 12.6. The topological polar surface area (TPSA) is 73.6 Å². The largest absolute Gasteiger partial charge is 0.492 e. The summed E-state index contributed by atoms with van der Waals surface area (Å²) in [5.41, 5.74) is 4.70. The van der Waals surface area contributed by atoms with E-state index in [-0.39, 0.29) is 43.3 Å². The summed E-state index contributed by atoms with van der Waals surface area (Å²) in [6.07, 6.45) is -3.66. The summed E-state index contributed by atoms with van der Waals surface area (Å²) in [6.45, 7) is 0.630. The van der Waals surface area contributed by atoms with Crippen LogP contribution >= 0.6 is 12.4 Å². The fourth-order valence-electron chi connectivity index (χ4n) is 2.29. The molecule has 1 aliphatic heterocycles. The van der Waals surface area contributed by atoms with E-state index in [9.17, 15) is 18.0 Å². The van der Waals surface area contributed by atoms with Crippen LogP contribution in [0.15, 0.2) is 24.3 Å². The number of amides is 1. The first-order chi connectivity index (χ1) is 10.9. The van der Waals surface area contributed by atoms with Crippen molar-refractivity contribution in [1.29, 1.82) is 0 Å². The predicted molar refractivity (Wildman–Crippen MR) is 84.1 cm³/mol. The van der Waals surface area contributed by atoms with Crippen molar-refractivity contribution < 1.29 is 27.4 Å². The first kappa shape index (κ1) is 20.5. The normalized spacial score (nSPS) is 20.3. The molecule has 3 N–H and O–H groups in total. The molecule has 1 heterocycles. The summed E-state index contributed by atoms with van der Waals surface area (Å²) < 4.78 is 48.3. The lowest BCUT2D eigenvalue weighted by Crippen LogP contribution is -2.37. The van der Waals surface area contributed by atoms with Crippen LogP contribution in [0.1, 0.15) is 18.4 Å². The number of hydrogen-bond donors (Lipinski definition) is 2. The lowest BCUT2D eigenvalue weighted by Gasteiger charge is -2.13. The fourth-order valence-corrected chi connectivity index (χ4v) is 2.29. The van der Waals surface area contributed by atoms with E-state index in [1.165, 1.54) is 12.1 Å². The number of alkyl halides is 3. The van der Waals surface area contributed by atoms with Crippen LogP contribution in [-0.4, -0.2) is 37.8 Å². The molecular weight excluding hydrogens is 349 g/mol. The van der Waals surface area contributed by atoms with Crippen LogP contribution < -0.4 is 15.8 Å². The summed E-state index contributed by atoms with van der Waals surface area (Å²) in [7, 11) is 0. The molecule has 0 saturated carbocycles. The average molecular weight is 369 g/mol. The van der Waals surface area contributed by atoms with Gasteiger partial charge in [-0.25, -0.2) is 0 Å². The summed E-state index contributed by atoms with van der Waals surface area (Å²) in [6, 6.07) is 4.60. The minimum absolute atomic E-state index is 0. The predicted octanol–water partition coefficient (Wildman–Crippen LogP) is 2.13. The molecule has 0 aromatic heterocycles. The third kappa shape index (κ3) is 5.85. The van der Waals surface area contributed by atoms with Crippen molar-refractivity contribution in [2.24, 2.45) is 5.73 Å². The van der Waals surface area contributed by atoms with Gasteiger partial charge in [-0.05, 0) is 31.0 Å². The third-order valence-corrected chi connectivity index (χ3v) is 3.49. The van der Waals surface area contributed by atoms with Crippen molar-refractivity contribution in [3.8, 4) is 5.75 Å². The molecule has 0 aliphatic carbocycles. The Kier molecular flexibility index (Phi) is 7.78. The van der Waals surface area contributed by atoms with Gasteiger partial charge in [-0.1, -0.05) is 6.07 Å². The lowest BCUT2D eigenvalue weighted by atomic mass is 10.2. The van der Waals surface area contributed by atoms with E-state index < -0.39 is 17.8 Å². The Hall–Kier alpha value is -1.51. The van der Waals surface area contributed by atoms with E-state index in [1.54, 1.807) is 0 Å². The fraction of sp³-hybridized carbons (Fsp3) is 0.533. The maximum atomic E-state index is 12.6. The van der Waals surface area contributed by atoms with Gasteiger partial charge < -0.3 is 20.5 Å². The lowest BCUT2D eigenvalue weighted by molar-refractivity contribution is -0.137. The highest BCUT2D eigenvalue weighted by atomic mass is 35.5. The van der Waals surface area contributed by atoms with Gasteiger partial charge in [-0.2, -0.15) is 13.2 Å². The van der Waals surface area contributed by atoms with Crippen LogP contribution in [-0.2, 0) is 15.7 Å². The molecule has 1 saturated heterocycles. The van der Waals surface area contributed by atoms with Gasteiger partial charge in [-0.3, -0.25) is 4.79 Å². The monoisotopic (exact) mass is 368 g/mol. The SMILES string of the molecule is Cl.NC[C@H]1CC[C@@H](C(=O)NCCOc2cccc(C(F)(F)F)c2)O1. The summed E-state index contributed by atoms with van der Waals surface area (Å²) in [5, 5.41) is 2.63. The molecule has 9 heteroatoms. The van der Waals surface area contributed by atoms with Gasteiger partial charge in [0.05, 0.1) is 18.2 Å². The summed E-state index contributed by atoms with van der Waals surface area (Å²) in [5.74, 6) is -0.150. The Bertz CT molecular complexity index is 543. The van der Waals surface area contributed by atoms with Crippen molar-refractivity contribution in [1.82, 2.24) is 5.32 Å². The van der Waals surface area contributed by atoms with E-state index in [1.807, 2.05) is 0 Å². The Morgan fingerprint density at radius 2 is 2.12 bits per heavy atom. The van der Waals surface area contributed by atoms with Crippen molar-refractivity contribution in [3.63, 3.8) is 0 Å². The highest BCUT2D eigenvalue weighted by Crippen LogP contribution is 2.31. The first-order valence-electron chi connectivity index (χ1n) is 7.33. The minimum Gasteiger partial charge on any atom is -0.492 e. The van der Waals surface area contributed by atoms with Gasteiger partial charge in [0.15, 0.2) is 0 Å². The second kappa shape index (κ2) is 9.10. The molecule has 1 fully saturated rings. The average Bonchev–Trinajstić information content (AvgIpc) is 3.00.